The van der Waals surface area contributed by atoms with Crippen molar-refractivity contribution in [3.63, 3.8) is 0 Å². The van der Waals surface area contributed by atoms with Gasteiger partial charge in [-0.15, -0.1) is 0 Å². The quantitative estimate of drug-likeness (QED) is 0.0700. The highest BCUT2D eigenvalue weighted by molar-refractivity contribution is 5.75. The molecular formula is C45H40NO8-. The third kappa shape index (κ3) is 9.31. The van der Waals surface area contributed by atoms with Gasteiger partial charge in [-0.3, -0.25) is 9.78 Å². The molecule has 0 unspecified atom stereocenters. The maximum absolute atomic E-state index is 11.8. The number of carbonyl (C=O) groups is 2. The average molecular weight is 723 g/mol. The van der Waals surface area contributed by atoms with Crippen LogP contribution in [-0.4, -0.2) is 31.1 Å². The Bertz CT molecular complexity index is 2090. The summed E-state index contributed by atoms with van der Waals surface area (Å²) < 4.78 is 29.3. The number of benzene rings is 5. The highest BCUT2D eigenvalue weighted by atomic mass is 16.5. The first-order valence-electron chi connectivity index (χ1n) is 17.5. The Morgan fingerprint density at radius 2 is 1.22 bits per heavy atom. The van der Waals surface area contributed by atoms with Crippen LogP contribution in [0.1, 0.15) is 46.2 Å². The third-order valence-corrected chi connectivity index (χ3v) is 8.91. The zero-order valence-electron chi connectivity index (χ0n) is 30.1. The van der Waals surface area contributed by atoms with Gasteiger partial charge in [0.25, 0.3) is 0 Å². The van der Waals surface area contributed by atoms with E-state index in [2.05, 4.69) is 12.1 Å². The summed E-state index contributed by atoms with van der Waals surface area (Å²) in [6, 6.07) is 45.3. The third-order valence-electron chi connectivity index (χ3n) is 8.91. The summed E-state index contributed by atoms with van der Waals surface area (Å²) in [6.45, 7) is 0.616. The Labute approximate surface area is 314 Å². The van der Waals surface area contributed by atoms with Crippen molar-refractivity contribution in [2.24, 2.45) is 0 Å². The number of ether oxygens (including phenoxy) is 5. The number of rotatable bonds is 17. The van der Waals surface area contributed by atoms with E-state index in [1.807, 2.05) is 134 Å². The predicted octanol–water partition coefficient (Wildman–Crippen LogP) is 7.43. The van der Waals surface area contributed by atoms with Crippen LogP contribution in [0.4, 0.5) is 0 Å². The highest BCUT2D eigenvalue weighted by Crippen LogP contribution is 2.42. The van der Waals surface area contributed by atoms with Crippen LogP contribution >= 0.6 is 0 Å². The molecule has 6 rings (SSSR count). The number of hydrogen-bond acceptors (Lipinski definition) is 9. The van der Waals surface area contributed by atoms with Crippen LogP contribution in [0.5, 0.6) is 17.2 Å². The topological polar surface area (TPSA) is 116 Å². The number of aliphatic carboxylic acids is 1. The van der Waals surface area contributed by atoms with Crippen molar-refractivity contribution in [3.05, 3.63) is 179 Å². The largest absolute Gasteiger partial charge is 0.550 e. The summed E-state index contributed by atoms with van der Waals surface area (Å²) in [4.78, 5) is 27.2. The Hall–Kier alpha value is -6.45. The molecule has 0 saturated heterocycles. The minimum atomic E-state index is -1.29. The lowest BCUT2D eigenvalue weighted by atomic mass is 9.80. The van der Waals surface area contributed by atoms with E-state index in [-0.39, 0.29) is 26.1 Å². The van der Waals surface area contributed by atoms with Crippen LogP contribution in [-0.2, 0) is 44.5 Å². The minimum Gasteiger partial charge on any atom is -0.550 e. The van der Waals surface area contributed by atoms with Crippen LogP contribution in [0.15, 0.2) is 146 Å². The van der Waals surface area contributed by atoms with Crippen LogP contribution in [0, 0.1) is 0 Å². The van der Waals surface area contributed by atoms with Crippen molar-refractivity contribution in [1.29, 1.82) is 0 Å². The molecule has 0 radical (unpaired) electrons. The molecule has 9 nitrogen and oxygen atoms in total. The fourth-order valence-electron chi connectivity index (χ4n) is 6.11. The van der Waals surface area contributed by atoms with Crippen LogP contribution < -0.4 is 19.3 Å². The second-order valence-corrected chi connectivity index (χ2v) is 12.5. The summed E-state index contributed by atoms with van der Waals surface area (Å²) in [5, 5.41) is 10.6. The van der Waals surface area contributed by atoms with E-state index in [1.54, 1.807) is 14.2 Å². The molecule has 0 N–H and O–H groups in total. The zero-order chi connectivity index (χ0) is 37.8. The summed E-state index contributed by atoms with van der Waals surface area (Å²) in [5.41, 5.74) is 6.16. The van der Waals surface area contributed by atoms with E-state index >= 15 is 0 Å². The second-order valence-electron chi connectivity index (χ2n) is 12.5. The standard InChI is InChI=1S/C45H41NO8/c1-50-39-19-15-37(16-20-39)45(36-11-4-3-5-12-36,38-17-21-40(51-2)22-18-38)54-31-34-14-23-42(46-28-34)35-10-7-13-41(27-35)52-29-32-8-6-9-33(26-32)30-53-44(49)25-24-43(47)48/h3-23,26-28H,24-25,29-31H2,1-2H3,(H,47,48)/p-1. The molecule has 0 aliphatic rings. The van der Waals surface area contributed by atoms with Crippen molar-refractivity contribution in [3.8, 4) is 28.5 Å². The normalized spacial score (nSPS) is 11.1. The van der Waals surface area contributed by atoms with Crippen LogP contribution in [0.25, 0.3) is 11.3 Å². The van der Waals surface area contributed by atoms with Gasteiger partial charge in [0, 0.05) is 17.7 Å². The molecule has 5 aromatic carbocycles. The van der Waals surface area contributed by atoms with E-state index in [0.29, 0.717) is 12.4 Å². The van der Waals surface area contributed by atoms with Gasteiger partial charge in [-0.1, -0.05) is 91.0 Å². The summed E-state index contributed by atoms with van der Waals surface area (Å²) in [6.07, 6.45) is 1.24. The van der Waals surface area contributed by atoms with Gasteiger partial charge in [-0.2, -0.15) is 0 Å². The lowest BCUT2D eigenvalue weighted by Gasteiger charge is -2.36. The van der Waals surface area contributed by atoms with Crippen LogP contribution in [0.2, 0.25) is 0 Å². The molecule has 6 aromatic rings. The van der Waals surface area contributed by atoms with Gasteiger partial charge in [0.05, 0.1) is 32.9 Å². The summed E-state index contributed by atoms with van der Waals surface area (Å²) in [5.74, 6) is 0.307. The van der Waals surface area contributed by atoms with Crippen LogP contribution in [0.3, 0.4) is 0 Å². The smallest absolute Gasteiger partial charge is 0.306 e. The van der Waals surface area contributed by atoms with Gasteiger partial charge >= 0.3 is 5.97 Å². The van der Waals surface area contributed by atoms with Gasteiger partial charge in [0.1, 0.15) is 36.1 Å². The Morgan fingerprint density at radius 1 is 0.593 bits per heavy atom. The predicted molar refractivity (Wildman–Crippen MR) is 202 cm³/mol. The fraction of sp³-hybridized carbons (Fsp3) is 0.178. The lowest BCUT2D eigenvalue weighted by molar-refractivity contribution is -0.305. The highest BCUT2D eigenvalue weighted by Gasteiger charge is 2.38. The maximum Gasteiger partial charge on any atom is 0.306 e. The summed E-state index contributed by atoms with van der Waals surface area (Å²) in [7, 11) is 3.30. The fourth-order valence-corrected chi connectivity index (χ4v) is 6.11. The number of esters is 1. The molecule has 1 heterocycles. The molecule has 0 aliphatic carbocycles. The SMILES string of the molecule is COc1ccc(C(OCc2ccc(-c3cccc(OCc4cccc(COC(=O)CCC(=O)[O-])c4)c3)nc2)(c2ccccc2)c2ccc(OC)cc2)cc1. The number of carboxylic acid groups (broad SMARTS) is 1. The molecule has 274 valence electrons. The maximum atomic E-state index is 11.8. The van der Waals surface area contributed by atoms with Crippen molar-refractivity contribution in [2.75, 3.05) is 14.2 Å². The molecule has 0 spiro atoms. The number of carbonyl (C=O) groups excluding carboxylic acids is 2. The van der Waals surface area contributed by atoms with Gasteiger partial charge in [-0.25, -0.2) is 0 Å². The van der Waals surface area contributed by atoms with E-state index in [1.165, 1.54) is 0 Å². The average Bonchev–Trinajstić information content (AvgIpc) is 3.23. The van der Waals surface area contributed by atoms with Crippen molar-refractivity contribution in [1.82, 2.24) is 4.98 Å². The molecule has 0 saturated carbocycles. The van der Waals surface area contributed by atoms with Crippen molar-refractivity contribution in [2.45, 2.75) is 38.3 Å². The number of hydrogen-bond donors (Lipinski definition) is 0. The Morgan fingerprint density at radius 3 is 1.83 bits per heavy atom. The number of aromatic nitrogens is 1. The molecule has 54 heavy (non-hydrogen) atoms. The second kappa shape index (κ2) is 17.9. The van der Waals surface area contributed by atoms with E-state index in [0.717, 1.165) is 56.1 Å². The number of methoxy groups -OCH3 is 2. The van der Waals surface area contributed by atoms with E-state index in [4.69, 9.17) is 28.7 Å². The minimum absolute atomic E-state index is 0.0398. The molecular weight excluding hydrogens is 682 g/mol. The number of nitrogens with zero attached hydrogens (tertiary/aromatic N) is 1. The van der Waals surface area contributed by atoms with Gasteiger partial charge in [-0.05, 0) is 88.3 Å². The van der Waals surface area contributed by atoms with Gasteiger partial charge in [0.2, 0.25) is 0 Å². The molecule has 0 atom stereocenters. The molecule has 0 amide bonds. The van der Waals surface area contributed by atoms with Crippen molar-refractivity contribution < 1.29 is 38.4 Å². The lowest BCUT2D eigenvalue weighted by Crippen LogP contribution is -2.32. The monoisotopic (exact) mass is 722 g/mol. The van der Waals surface area contributed by atoms with E-state index < -0.39 is 17.5 Å². The van der Waals surface area contributed by atoms with Crippen molar-refractivity contribution >= 4 is 11.9 Å². The zero-order valence-corrected chi connectivity index (χ0v) is 30.1. The molecule has 0 bridgehead atoms. The van der Waals surface area contributed by atoms with E-state index in [9.17, 15) is 14.7 Å². The van der Waals surface area contributed by atoms with Gasteiger partial charge < -0.3 is 33.6 Å². The first kappa shape index (κ1) is 37.3. The first-order valence-corrected chi connectivity index (χ1v) is 17.5. The van der Waals surface area contributed by atoms with Gasteiger partial charge in [0.15, 0.2) is 0 Å². The molecule has 1 aromatic heterocycles. The molecule has 0 aliphatic heterocycles. The Balaban J connectivity index is 1.16. The molecule has 9 heteroatoms. The first-order chi connectivity index (χ1) is 26.4. The number of pyridine rings is 1. The Kier molecular flexibility index (Phi) is 12.3. The number of carboxylic acids is 1. The molecule has 0 fully saturated rings. The summed E-state index contributed by atoms with van der Waals surface area (Å²) >= 11 is 0.